The zero-order chi connectivity index (χ0) is 25.0. The first-order valence-corrected chi connectivity index (χ1v) is 12.1. The van der Waals surface area contributed by atoms with Gasteiger partial charge >= 0.3 is 0 Å². The minimum absolute atomic E-state index is 0.0412. The molecule has 1 aliphatic heterocycles. The van der Waals surface area contributed by atoms with E-state index in [0.29, 0.717) is 42.6 Å². The maximum Gasteiger partial charge on any atom is 0.257 e. The van der Waals surface area contributed by atoms with Gasteiger partial charge in [-0.2, -0.15) is 0 Å². The molecule has 1 aliphatic rings. The van der Waals surface area contributed by atoms with Crippen LogP contribution in [-0.2, 0) is 4.79 Å². The molecule has 0 aromatic heterocycles. The molecule has 182 valence electrons. The van der Waals surface area contributed by atoms with Crippen molar-refractivity contribution >= 4 is 75.3 Å². The number of anilines is 2. The number of hydrogen-bond donors (Lipinski definition) is 2. The lowest BCUT2D eigenvalue weighted by Crippen LogP contribution is -2.50. The van der Waals surface area contributed by atoms with Crippen molar-refractivity contribution in [3.8, 4) is 5.75 Å². The molecule has 1 fully saturated rings. The fourth-order valence-corrected chi connectivity index (χ4v) is 4.81. The number of rotatable bonds is 5. The fraction of sp³-hybridized carbons (Fsp3) is 0.348. The first kappa shape index (κ1) is 26.3. The van der Waals surface area contributed by atoms with E-state index in [1.54, 1.807) is 12.1 Å². The molecule has 0 radical (unpaired) electrons. The van der Waals surface area contributed by atoms with Gasteiger partial charge in [-0.1, -0.05) is 54.7 Å². The molecule has 0 atom stereocenters. The highest BCUT2D eigenvalue weighted by Gasteiger charge is 2.25. The number of nitrogens with zero attached hydrogens (tertiary/aromatic N) is 2. The van der Waals surface area contributed by atoms with Gasteiger partial charge in [-0.15, -0.1) is 0 Å². The van der Waals surface area contributed by atoms with Crippen LogP contribution >= 0.6 is 47.0 Å². The first-order chi connectivity index (χ1) is 16.1. The molecule has 34 heavy (non-hydrogen) atoms. The van der Waals surface area contributed by atoms with E-state index in [9.17, 15) is 9.59 Å². The Morgan fingerprint density at radius 3 is 2.21 bits per heavy atom. The number of benzene rings is 2. The number of halogens is 3. The van der Waals surface area contributed by atoms with Gasteiger partial charge in [-0.05, 0) is 36.5 Å². The summed E-state index contributed by atoms with van der Waals surface area (Å²) in [6.07, 6.45) is 0. The summed E-state index contributed by atoms with van der Waals surface area (Å²) in [4.78, 5) is 29.0. The van der Waals surface area contributed by atoms with Crippen LogP contribution in [-0.4, -0.2) is 55.1 Å². The summed E-state index contributed by atoms with van der Waals surface area (Å²) in [5, 5.41) is 6.74. The van der Waals surface area contributed by atoms with Gasteiger partial charge in [0.05, 0.1) is 33.6 Å². The van der Waals surface area contributed by atoms with Crippen molar-refractivity contribution in [2.45, 2.75) is 13.8 Å². The van der Waals surface area contributed by atoms with Crippen molar-refractivity contribution in [3.05, 3.63) is 51.0 Å². The fourth-order valence-electron chi connectivity index (χ4n) is 3.67. The van der Waals surface area contributed by atoms with Gasteiger partial charge in [-0.3, -0.25) is 14.9 Å². The Morgan fingerprint density at radius 2 is 1.65 bits per heavy atom. The number of ether oxygens (including phenoxy) is 1. The van der Waals surface area contributed by atoms with Crippen LogP contribution in [0.15, 0.2) is 30.3 Å². The Kier molecular flexibility index (Phi) is 8.87. The predicted molar refractivity (Wildman–Crippen MR) is 142 cm³/mol. The highest BCUT2D eigenvalue weighted by Crippen LogP contribution is 2.35. The largest absolute Gasteiger partial charge is 0.494 e. The summed E-state index contributed by atoms with van der Waals surface area (Å²) in [5.41, 5.74) is 1.64. The van der Waals surface area contributed by atoms with Crippen LogP contribution in [0.1, 0.15) is 24.2 Å². The highest BCUT2D eigenvalue weighted by molar-refractivity contribution is 7.80. The molecule has 0 spiro atoms. The van der Waals surface area contributed by atoms with Gasteiger partial charge in [0.2, 0.25) is 5.91 Å². The summed E-state index contributed by atoms with van der Waals surface area (Å²) in [6, 6.07) is 8.31. The lowest BCUT2D eigenvalue weighted by atomic mass is 10.1. The van der Waals surface area contributed by atoms with Crippen LogP contribution in [0.2, 0.25) is 15.1 Å². The van der Waals surface area contributed by atoms with Crippen LogP contribution < -0.4 is 20.3 Å². The van der Waals surface area contributed by atoms with Crippen LogP contribution in [0, 0.1) is 5.92 Å². The third kappa shape index (κ3) is 6.05. The van der Waals surface area contributed by atoms with Crippen molar-refractivity contribution < 1.29 is 14.3 Å². The molecule has 0 saturated carbocycles. The number of amides is 2. The lowest BCUT2D eigenvalue weighted by Gasteiger charge is -2.38. The van der Waals surface area contributed by atoms with E-state index < -0.39 is 5.91 Å². The molecule has 2 amide bonds. The molecule has 0 bridgehead atoms. The molecule has 3 rings (SSSR count). The molecule has 2 aromatic rings. The van der Waals surface area contributed by atoms with Crippen LogP contribution in [0.3, 0.4) is 0 Å². The zero-order valence-corrected chi connectivity index (χ0v) is 22.0. The van der Waals surface area contributed by atoms with Gasteiger partial charge in [0.1, 0.15) is 0 Å². The maximum atomic E-state index is 12.7. The molecular weight excluding hydrogens is 519 g/mol. The van der Waals surface area contributed by atoms with Crippen LogP contribution in [0.5, 0.6) is 5.75 Å². The van der Waals surface area contributed by atoms with E-state index in [0.717, 1.165) is 5.69 Å². The second-order valence-electron chi connectivity index (χ2n) is 7.98. The highest BCUT2D eigenvalue weighted by atomic mass is 35.5. The van der Waals surface area contributed by atoms with Crippen molar-refractivity contribution in [2.24, 2.45) is 5.92 Å². The topological polar surface area (TPSA) is 73.9 Å². The number of methoxy groups -OCH3 is 1. The molecule has 0 aliphatic carbocycles. The van der Waals surface area contributed by atoms with E-state index in [4.69, 9.17) is 51.8 Å². The van der Waals surface area contributed by atoms with Gasteiger partial charge in [0.15, 0.2) is 10.9 Å². The quantitative estimate of drug-likeness (QED) is 0.512. The van der Waals surface area contributed by atoms with Crippen molar-refractivity contribution in [1.29, 1.82) is 0 Å². The molecule has 1 saturated heterocycles. The average Bonchev–Trinajstić information content (AvgIpc) is 2.78. The number of carbonyl (C=O) groups is 2. The number of piperazine rings is 1. The minimum Gasteiger partial charge on any atom is -0.494 e. The normalized spacial score (nSPS) is 13.6. The second-order valence-corrected chi connectivity index (χ2v) is 9.61. The first-order valence-electron chi connectivity index (χ1n) is 10.6. The SMILES string of the molecule is COc1c(Cl)cc(C(=O)NC(=S)Nc2cccc(Cl)c2N2CCN(C(=O)C(C)C)CC2)cc1Cl. The minimum atomic E-state index is -0.478. The predicted octanol–water partition coefficient (Wildman–Crippen LogP) is 5.09. The van der Waals surface area contributed by atoms with Crippen LogP contribution in [0.25, 0.3) is 0 Å². The molecule has 1 heterocycles. The van der Waals surface area contributed by atoms with Gasteiger partial charge in [0.25, 0.3) is 5.91 Å². The summed E-state index contributed by atoms with van der Waals surface area (Å²) >= 11 is 24.2. The summed E-state index contributed by atoms with van der Waals surface area (Å²) in [5.74, 6) is -0.0898. The van der Waals surface area contributed by atoms with Crippen molar-refractivity contribution in [3.63, 3.8) is 0 Å². The summed E-state index contributed by atoms with van der Waals surface area (Å²) in [6.45, 7) is 6.24. The second kappa shape index (κ2) is 11.4. The molecular formula is C23H25Cl3N4O3S. The monoisotopic (exact) mass is 542 g/mol. The number of para-hydroxylation sites is 1. The van der Waals surface area contributed by atoms with Crippen LogP contribution in [0.4, 0.5) is 11.4 Å². The van der Waals surface area contributed by atoms with Crippen molar-refractivity contribution in [1.82, 2.24) is 10.2 Å². The maximum absolute atomic E-state index is 12.7. The number of nitrogens with one attached hydrogen (secondary N) is 2. The third-order valence-corrected chi connectivity index (χ3v) is 6.40. The third-order valence-electron chi connectivity index (χ3n) is 5.33. The molecule has 2 N–H and O–H groups in total. The molecule has 11 heteroatoms. The Bertz CT molecular complexity index is 1080. The van der Waals surface area contributed by atoms with Gasteiger partial charge in [-0.25, -0.2) is 0 Å². The van der Waals surface area contributed by atoms with E-state index in [-0.39, 0.29) is 32.5 Å². The summed E-state index contributed by atoms with van der Waals surface area (Å²) in [7, 11) is 1.44. The van der Waals surface area contributed by atoms with E-state index in [1.807, 2.05) is 24.8 Å². The number of carbonyl (C=O) groups excluding carboxylic acids is 2. The van der Waals surface area contributed by atoms with E-state index >= 15 is 0 Å². The Hall–Kier alpha value is -2.26. The number of thiocarbonyl (C=S) groups is 1. The van der Waals surface area contributed by atoms with Gasteiger partial charge in [0, 0.05) is 37.7 Å². The smallest absolute Gasteiger partial charge is 0.257 e. The Balaban J connectivity index is 1.71. The summed E-state index contributed by atoms with van der Waals surface area (Å²) < 4.78 is 5.11. The van der Waals surface area contributed by atoms with E-state index in [1.165, 1.54) is 19.2 Å². The van der Waals surface area contributed by atoms with Gasteiger partial charge < -0.3 is 19.9 Å². The van der Waals surface area contributed by atoms with Crippen molar-refractivity contribution in [2.75, 3.05) is 43.5 Å². The standard InChI is InChI=1S/C23H25Cl3N4O3S/c1-13(2)22(32)30-9-7-29(8-10-30)19-15(24)5-4-6-18(19)27-23(34)28-21(31)14-11-16(25)20(33-3)17(26)12-14/h4-6,11-13H,7-10H2,1-3H3,(H2,27,28,31,34). The molecule has 7 nitrogen and oxygen atoms in total. The molecule has 2 aromatic carbocycles. The Labute approximate surface area is 219 Å². The number of hydrogen-bond acceptors (Lipinski definition) is 5. The lowest BCUT2D eigenvalue weighted by molar-refractivity contribution is -0.134. The van der Waals surface area contributed by atoms with E-state index in [2.05, 4.69) is 15.5 Å². The zero-order valence-electron chi connectivity index (χ0n) is 19.0. The average molecular weight is 544 g/mol. The Morgan fingerprint density at radius 1 is 1.03 bits per heavy atom. The molecule has 0 unspecified atom stereocenters.